The largest absolute Gasteiger partial charge is 0.359 e. The molecule has 0 aliphatic carbocycles. The number of nitrogens with one attached hydrogen (secondary N) is 3. The van der Waals surface area contributed by atoms with Gasteiger partial charge in [-0.3, -0.25) is 4.79 Å². The Morgan fingerprint density at radius 2 is 2.04 bits per heavy atom. The standard InChI is InChI=1S/C20H26N6O2/c1-21-18(27)12-15-5-2-7-17(11-15)25-20(28)24-13-16-6-3-10-26(14-16)19-22-8-4-9-23-19/h2,4-5,7-9,11,16H,3,6,10,12-14H2,1H3,(H,21,27)(H2,24,25,28)/t16-/m1/s1. The van der Waals surface area contributed by atoms with Crippen molar-refractivity contribution in [2.24, 2.45) is 5.92 Å². The molecule has 0 radical (unpaired) electrons. The van der Waals surface area contributed by atoms with Gasteiger partial charge in [-0.2, -0.15) is 0 Å². The summed E-state index contributed by atoms with van der Waals surface area (Å²) in [6, 6.07) is 8.87. The highest BCUT2D eigenvalue weighted by molar-refractivity contribution is 5.89. The van der Waals surface area contributed by atoms with Crippen molar-refractivity contribution in [1.29, 1.82) is 0 Å². The Bertz CT molecular complexity index is 798. The minimum Gasteiger partial charge on any atom is -0.359 e. The first-order chi connectivity index (χ1) is 13.6. The predicted molar refractivity (Wildman–Crippen MR) is 108 cm³/mol. The minimum atomic E-state index is -0.245. The Labute approximate surface area is 164 Å². The molecule has 2 heterocycles. The van der Waals surface area contributed by atoms with E-state index in [0.717, 1.165) is 37.4 Å². The number of piperidine rings is 1. The molecule has 1 aliphatic rings. The summed E-state index contributed by atoms with van der Waals surface area (Å²) in [5, 5.41) is 8.38. The van der Waals surface area contributed by atoms with E-state index in [1.807, 2.05) is 24.3 Å². The van der Waals surface area contributed by atoms with Crippen LogP contribution in [0.1, 0.15) is 18.4 Å². The molecule has 0 spiro atoms. The molecular weight excluding hydrogens is 356 g/mol. The number of hydrogen-bond acceptors (Lipinski definition) is 5. The summed E-state index contributed by atoms with van der Waals surface area (Å²) in [7, 11) is 1.61. The first-order valence-electron chi connectivity index (χ1n) is 9.50. The Kier molecular flexibility index (Phi) is 6.78. The average Bonchev–Trinajstić information content (AvgIpc) is 2.73. The smallest absolute Gasteiger partial charge is 0.319 e. The number of rotatable bonds is 6. The van der Waals surface area contributed by atoms with Gasteiger partial charge < -0.3 is 20.9 Å². The number of amides is 3. The van der Waals surface area contributed by atoms with Crippen LogP contribution >= 0.6 is 0 Å². The monoisotopic (exact) mass is 382 g/mol. The summed E-state index contributed by atoms with van der Waals surface area (Å²) in [4.78, 5) is 34.5. The van der Waals surface area contributed by atoms with Crippen LogP contribution in [0.2, 0.25) is 0 Å². The lowest BCUT2D eigenvalue weighted by atomic mass is 9.98. The lowest BCUT2D eigenvalue weighted by Gasteiger charge is -2.32. The van der Waals surface area contributed by atoms with E-state index in [1.165, 1.54) is 0 Å². The zero-order chi connectivity index (χ0) is 19.8. The van der Waals surface area contributed by atoms with E-state index in [-0.39, 0.29) is 18.4 Å². The van der Waals surface area contributed by atoms with Gasteiger partial charge in [0.15, 0.2) is 0 Å². The molecule has 0 unspecified atom stereocenters. The molecule has 28 heavy (non-hydrogen) atoms. The van der Waals surface area contributed by atoms with Gasteiger partial charge in [-0.15, -0.1) is 0 Å². The number of hydrogen-bond donors (Lipinski definition) is 3. The van der Waals surface area contributed by atoms with Gasteiger partial charge in [-0.05, 0) is 42.5 Å². The molecule has 0 bridgehead atoms. The number of nitrogens with zero attached hydrogens (tertiary/aromatic N) is 3. The van der Waals surface area contributed by atoms with E-state index in [9.17, 15) is 9.59 Å². The van der Waals surface area contributed by atoms with Crippen LogP contribution in [-0.2, 0) is 11.2 Å². The van der Waals surface area contributed by atoms with Gasteiger partial charge in [0.2, 0.25) is 11.9 Å². The molecule has 1 saturated heterocycles. The van der Waals surface area contributed by atoms with Gasteiger partial charge >= 0.3 is 6.03 Å². The average molecular weight is 382 g/mol. The molecule has 8 heteroatoms. The lowest BCUT2D eigenvalue weighted by molar-refractivity contribution is -0.119. The molecular formula is C20H26N6O2. The highest BCUT2D eigenvalue weighted by Gasteiger charge is 2.22. The third kappa shape index (κ3) is 5.67. The summed E-state index contributed by atoms with van der Waals surface area (Å²) < 4.78 is 0. The van der Waals surface area contributed by atoms with E-state index >= 15 is 0 Å². The normalized spacial score (nSPS) is 16.3. The number of aromatic nitrogens is 2. The van der Waals surface area contributed by atoms with Gasteiger partial charge in [0, 0.05) is 44.8 Å². The zero-order valence-electron chi connectivity index (χ0n) is 16.0. The number of anilines is 2. The van der Waals surface area contributed by atoms with E-state index in [4.69, 9.17) is 0 Å². The molecule has 1 fully saturated rings. The van der Waals surface area contributed by atoms with Crippen LogP contribution in [0.4, 0.5) is 16.4 Å². The van der Waals surface area contributed by atoms with Crippen LogP contribution in [0.3, 0.4) is 0 Å². The Morgan fingerprint density at radius 3 is 2.82 bits per heavy atom. The molecule has 0 saturated carbocycles. The second kappa shape index (κ2) is 9.68. The predicted octanol–water partition coefficient (Wildman–Crippen LogP) is 1.80. The molecule has 1 atom stereocenters. The summed E-state index contributed by atoms with van der Waals surface area (Å²) in [5.41, 5.74) is 1.52. The molecule has 3 N–H and O–H groups in total. The third-order valence-electron chi connectivity index (χ3n) is 4.73. The Balaban J connectivity index is 1.48. The minimum absolute atomic E-state index is 0.0640. The van der Waals surface area contributed by atoms with Gasteiger partial charge in [0.25, 0.3) is 0 Å². The van der Waals surface area contributed by atoms with Crippen molar-refractivity contribution in [3.63, 3.8) is 0 Å². The maximum atomic E-state index is 12.3. The van der Waals surface area contributed by atoms with Crippen LogP contribution < -0.4 is 20.9 Å². The Morgan fingerprint density at radius 1 is 1.21 bits per heavy atom. The summed E-state index contributed by atoms with van der Waals surface area (Å²) in [6.07, 6.45) is 5.89. The summed E-state index contributed by atoms with van der Waals surface area (Å²) in [5.74, 6) is 1.03. The fourth-order valence-corrected chi connectivity index (χ4v) is 3.31. The topological polar surface area (TPSA) is 99.2 Å². The van der Waals surface area contributed by atoms with Gasteiger partial charge in [-0.1, -0.05) is 12.1 Å². The molecule has 1 aromatic carbocycles. The maximum Gasteiger partial charge on any atom is 0.319 e. The van der Waals surface area contributed by atoms with Crippen LogP contribution in [0.5, 0.6) is 0 Å². The Hall–Kier alpha value is -3.16. The number of urea groups is 1. The number of benzene rings is 1. The molecule has 3 rings (SSSR count). The summed E-state index contributed by atoms with van der Waals surface area (Å²) >= 11 is 0. The second-order valence-electron chi connectivity index (χ2n) is 6.89. The molecule has 2 aromatic rings. The molecule has 148 valence electrons. The highest BCUT2D eigenvalue weighted by atomic mass is 16.2. The zero-order valence-corrected chi connectivity index (χ0v) is 16.0. The third-order valence-corrected chi connectivity index (χ3v) is 4.73. The van der Waals surface area contributed by atoms with E-state index < -0.39 is 0 Å². The van der Waals surface area contributed by atoms with Crippen LogP contribution in [0.15, 0.2) is 42.7 Å². The number of carbonyl (C=O) groups is 2. The van der Waals surface area contributed by atoms with Crippen molar-refractivity contribution in [2.45, 2.75) is 19.3 Å². The van der Waals surface area contributed by atoms with Crippen LogP contribution in [0.25, 0.3) is 0 Å². The first-order valence-corrected chi connectivity index (χ1v) is 9.50. The van der Waals surface area contributed by atoms with Crippen molar-refractivity contribution in [3.8, 4) is 0 Å². The van der Waals surface area contributed by atoms with E-state index in [0.29, 0.717) is 18.2 Å². The van der Waals surface area contributed by atoms with E-state index in [1.54, 1.807) is 25.5 Å². The van der Waals surface area contributed by atoms with Crippen molar-refractivity contribution in [3.05, 3.63) is 48.3 Å². The first kappa shape index (κ1) is 19.6. The van der Waals surface area contributed by atoms with Crippen LogP contribution in [-0.4, -0.2) is 48.6 Å². The van der Waals surface area contributed by atoms with Crippen molar-refractivity contribution >= 4 is 23.6 Å². The van der Waals surface area contributed by atoms with E-state index in [2.05, 4.69) is 30.8 Å². The molecule has 1 aliphatic heterocycles. The molecule has 3 amide bonds. The van der Waals surface area contributed by atoms with Crippen LogP contribution in [0, 0.1) is 5.92 Å². The lowest BCUT2D eigenvalue weighted by Crippen LogP contribution is -2.42. The fourth-order valence-electron chi connectivity index (χ4n) is 3.31. The van der Waals surface area contributed by atoms with Gasteiger partial charge in [-0.25, -0.2) is 14.8 Å². The number of likely N-dealkylation sites (N-methyl/N-ethyl adjacent to an activating group) is 1. The van der Waals surface area contributed by atoms with Crippen molar-refractivity contribution in [2.75, 3.05) is 36.9 Å². The number of carbonyl (C=O) groups excluding carboxylic acids is 2. The summed E-state index contributed by atoms with van der Waals surface area (Å²) in [6.45, 7) is 2.35. The van der Waals surface area contributed by atoms with Crippen molar-refractivity contribution in [1.82, 2.24) is 20.6 Å². The quantitative estimate of drug-likeness (QED) is 0.708. The highest BCUT2D eigenvalue weighted by Crippen LogP contribution is 2.19. The van der Waals surface area contributed by atoms with Gasteiger partial charge in [0.1, 0.15) is 0 Å². The SMILES string of the molecule is CNC(=O)Cc1cccc(NC(=O)NC[C@H]2CCCN(c3ncccn3)C2)c1. The van der Waals surface area contributed by atoms with Gasteiger partial charge in [0.05, 0.1) is 6.42 Å². The maximum absolute atomic E-state index is 12.3. The van der Waals surface area contributed by atoms with Crippen molar-refractivity contribution < 1.29 is 9.59 Å². The molecule has 8 nitrogen and oxygen atoms in total. The molecule has 1 aromatic heterocycles. The second-order valence-corrected chi connectivity index (χ2v) is 6.89. The fraction of sp³-hybridized carbons (Fsp3) is 0.400.